The van der Waals surface area contributed by atoms with Crippen molar-refractivity contribution >= 4 is 23.7 Å². The molecule has 0 saturated heterocycles. The fourth-order valence-electron chi connectivity index (χ4n) is 1.76. The highest BCUT2D eigenvalue weighted by Gasteiger charge is 2.22. The number of hydrogen-bond donors (Lipinski definition) is 1. The minimum atomic E-state index is -1.64. The fourth-order valence-corrected chi connectivity index (χ4v) is 1.76. The van der Waals surface area contributed by atoms with Gasteiger partial charge in [-0.25, -0.2) is 9.78 Å². The summed E-state index contributed by atoms with van der Waals surface area (Å²) in [6.07, 6.45) is 3.51. The van der Waals surface area contributed by atoms with E-state index in [9.17, 15) is 19.5 Å². The topological polar surface area (TPSA) is 139 Å². The molecule has 1 amide bonds. The predicted octanol–water partition coefficient (Wildman–Crippen LogP) is -0.997. The van der Waals surface area contributed by atoms with Crippen LogP contribution < -0.4 is 10.4 Å². The van der Waals surface area contributed by atoms with Crippen LogP contribution in [0.15, 0.2) is 18.6 Å². The Labute approximate surface area is 130 Å². The highest BCUT2D eigenvalue weighted by atomic mass is 16.5. The summed E-state index contributed by atoms with van der Waals surface area (Å²) in [6, 6.07) is 0. The summed E-state index contributed by atoms with van der Waals surface area (Å²) in [5.74, 6) is -3.14. The highest BCUT2D eigenvalue weighted by Crippen LogP contribution is 2.16. The molecule has 0 saturated carbocycles. The number of ether oxygens (including phenoxy) is 1. The average molecular weight is 318 g/mol. The van der Waals surface area contributed by atoms with Gasteiger partial charge in [-0.2, -0.15) is 5.10 Å². The summed E-state index contributed by atoms with van der Waals surface area (Å²) in [6.45, 7) is 1.79. The van der Waals surface area contributed by atoms with Gasteiger partial charge in [-0.05, 0) is 6.92 Å². The molecule has 0 atom stereocenters. The zero-order chi connectivity index (χ0) is 17.0. The first-order valence-electron chi connectivity index (χ1n) is 6.48. The van der Waals surface area contributed by atoms with Gasteiger partial charge in [0, 0.05) is 19.4 Å². The molecule has 120 valence electrons. The Hall–Kier alpha value is -3.30. The quantitative estimate of drug-likeness (QED) is 0.693. The van der Waals surface area contributed by atoms with Gasteiger partial charge < -0.3 is 20.0 Å². The van der Waals surface area contributed by atoms with Crippen LogP contribution in [0.1, 0.15) is 38.3 Å². The van der Waals surface area contributed by atoms with Gasteiger partial charge in [0.25, 0.3) is 5.91 Å². The Morgan fingerprint density at radius 1 is 1.26 bits per heavy atom. The van der Waals surface area contributed by atoms with Gasteiger partial charge in [0.15, 0.2) is 5.69 Å². The van der Waals surface area contributed by atoms with Crippen LogP contribution in [0.5, 0.6) is 0 Å². The zero-order valence-corrected chi connectivity index (χ0v) is 12.3. The Kier molecular flexibility index (Phi) is 4.64. The van der Waals surface area contributed by atoms with Crippen LogP contribution in [-0.2, 0) is 11.8 Å². The maximum atomic E-state index is 12.2. The molecule has 0 aliphatic heterocycles. The molecule has 0 bridgehead atoms. The van der Waals surface area contributed by atoms with E-state index in [0.29, 0.717) is 0 Å². The van der Waals surface area contributed by atoms with Gasteiger partial charge in [-0.3, -0.25) is 14.5 Å². The van der Waals surface area contributed by atoms with Crippen molar-refractivity contribution in [3.8, 4) is 0 Å². The Bertz CT molecular complexity index is 770. The van der Waals surface area contributed by atoms with Gasteiger partial charge >= 0.3 is 5.97 Å². The van der Waals surface area contributed by atoms with Crippen molar-refractivity contribution in [2.24, 2.45) is 7.05 Å². The third-order valence-electron chi connectivity index (χ3n) is 2.77. The normalized spacial score (nSPS) is 10.2. The SMILES string of the molecule is CCOC(=O)c1cnn(C)c1NC(=O)c1nccnc1C(=O)[O-]. The number of carboxylic acids is 1. The molecule has 0 aliphatic rings. The molecular formula is C13H12N5O5-. The van der Waals surface area contributed by atoms with Crippen molar-refractivity contribution in [2.45, 2.75) is 6.92 Å². The van der Waals surface area contributed by atoms with Crippen molar-refractivity contribution in [1.82, 2.24) is 19.7 Å². The van der Waals surface area contributed by atoms with Crippen LogP contribution in [0.4, 0.5) is 5.82 Å². The molecule has 2 heterocycles. The molecule has 2 rings (SSSR count). The van der Waals surface area contributed by atoms with Gasteiger partial charge in [0.05, 0.1) is 18.8 Å². The first-order chi connectivity index (χ1) is 11.0. The molecule has 2 aromatic rings. The Morgan fingerprint density at radius 2 is 1.91 bits per heavy atom. The Balaban J connectivity index is 2.33. The van der Waals surface area contributed by atoms with Gasteiger partial charge in [-0.15, -0.1) is 0 Å². The number of nitrogens with zero attached hydrogens (tertiary/aromatic N) is 4. The van der Waals surface area contributed by atoms with Crippen LogP contribution in [0, 0.1) is 0 Å². The highest BCUT2D eigenvalue weighted by molar-refractivity contribution is 6.10. The number of anilines is 1. The molecule has 10 nitrogen and oxygen atoms in total. The minimum Gasteiger partial charge on any atom is -0.543 e. The molecule has 23 heavy (non-hydrogen) atoms. The van der Waals surface area contributed by atoms with Crippen molar-refractivity contribution in [1.29, 1.82) is 0 Å². The second-order valence-electron chi connectivity index (χ2n) is 4.25. The van der Waals surface area contributed by atoms with E-state index in [-0.39, 0.29) is 18.0 Å². The summed E-state index contributed by atoms with van der Waals surface area (Å²) in [5, 5.41) is 17.2. The summed E-state index contributed by atoms with van der Waals surface area (Å²) >= 11 is 0. The van der Waals surface area contributed by atoms with Crippen LogP contribution in [-0.4, -0.2) is 44.2 Å². The number of nitrogens with one attached hydrogen (secondary N) is 1. The monoisotopic (exact) mass is 318 g/mol. The number of rotatable bonds is 5. The standard InChI is InChI=1S/C13H13N5O5/c1-3-23-13(22)7-6-16-18(2)10(7)17-11(19)8-9(12(20)21)15-5-4-14-8/h4-6H,3H2,1-2H3,(H,17,19)(H,20,21)/p-1. The number of hydrogen-bond acceptors (Lipinski definition) is 8. The number of carbonyl (C=O) groups is 3. The summed E-state index contributed by atoms with van der Waals surface area (Å²) in [4.78, 5) is 42.2. The first kappa shape index (κ1) is 16.1. The zero-order valence-electron chi connectivity index (χ0n) is 12.3. The Morgan fingerprint density at radius 3 is 2.52 bits per heavy atom. The van der Waals surface area contributed by atoms with E-state index in [4.69, 9.17) is 4.74 Å². The number of carboxylic acid groups (broad SMARTS) is 1. The lowest BCUT2D eigenvalue weighted by molar-refractivity contribution is -0.255. The van der Waals surface area contributed by atoms with E-state index in [0.717, 1.165) is 12.4 Å². The van der Waals surface area contributed by atoms with Crippen molar-refractivity contribution in [3.63, 3.8) is 0 Å². The van der Waals surface area contributed by atoms with E-state index in [1.807, 2.05) is 0 Å². The second kappa shape index (κ2) is 6.64. The van der Waals surface area contributed by atoms with Crippen molar-refractivity contribution < 1.29 is 24.2 Å². The molecule has 0 fully saturated rings. The van der Waals surface area contributed by atoms with Crippen LogP contribution in [0.2, 0.25) is 0 Å². The van der Waals surface area contributed by atoms with Gasteiger partial charge in [-0.1, -0.05) is 0 Å². The molecule has 0 aromatic carbocycles. The van der Waals surface area contributed by atoms with Crippen molar-refractivity contribution in [2.75, 3.05) is 11.9 Å². The number of aromatic nitrogens is 4. The van der Waals surface area contributed by atoms with E-state index < -0.39 is 29.2 Å². The third kappa shape index (κ3) is 3.31. The molecule has 0 unspecified atom stereocenters. The lowest BCUT2D eigenvalue weighted by Crippen LogP contribution is -2.29. The molecule has 2 aromatic heterocycles. The van der Waals surface area contributed by atoms with Crippen molar-refractivity contribution in [3.05, 3.63) is 35.5 Å². The number of amides is 1. The average Bonchev–Trinajstić information content (AvgIpc) is 2.88. The van der Waals surface area contributed by atoms with Crippen LogP contribution >= 0.6 is 0 Å². The largest absolute Gasteiger partial charge is 0.543 e. The molecule has 10 heteroatoms. The third-order valence-corrected chi connectivity index (χ3v) is 2.77. The van der Waals surface area contributed by atoms with E-state index >= 15 is 0 Å². The molecule has 0 radical (unpaired) electrons. The number of carbonyl (C=O) groups excluding carboxylic acids is 3. The van der Waals surface area contributed by atoms with E-state index in [1.165, 1.54) is 17.9 Å². The predicted molar refractivity (Wildman–Crippen MR) is 73.5 cm³/mol. The number of aryl methyl sites for hydroxylation is 1. The second-order valence-corrected chi connectivity index (χ2v) is 4.25. The molecule has 0 spiro atoms. The lowest BCUT2D eigenvalue weighted by Gasteiger charge is -2.10. The van der Waals surface area contributed by atoms with Crippen LogP contribution in [0.3, 0.4) is 0 Å². The number of esters is 1. The summed E-state index contributed by atoms with van der Waals surface area (Å²) in [7, 11) is 1.49. The fraction of sp³-hybridized carbons (Fsp3) is 0.231. The number of aromatic carboxylic acids is 1. The maximum Gasteiger partial charge on any atom is 0.343 e. The minimum absolute atomic E-state index is 0.0293. The molecule has 1 N–H and O–H groups in total. The van der Waals surface area contributed by atoms with E-state index in [2.05, 4.69) is 20.4 Å². The summed E-state index contributed by atoms with van der Waals surface area (Å²) < 4.78 is 6.09. The van der Waals surface area contributed by atoms with Gasteiger partial charge in [0.2, 0.25) is 0 Å². The molecular weight excluding hydrogens is 306 g/mol. The smallest absolute Gasteiger partial charge is 0.343 e. The van der Waals surface area contributed by atoms with E-state index in [1.54, 1.807) is 6.92 Å². The lowest BCUT2D eigenvalue weighted by atomic mass is 10.2. The first-order valence-corrected chi connectivity index (χ1v) is 6.48. The van der Waals surface area contributed by atoms with Gasteiger partial charge in [0.1, 0.15) is 17.1 Å². The van der Waals surface area contributed by atoms with Crippen LogP contribution in [0.25, 0.3) is 0 Å². The molecule has 0 aliphatic carbocycles. The summed E-state index contributed by atoms with van der Waals surface area (Å²) in [5.41, 5.74) is -1.02. The maximum absolute atomic E-state index is 12.2.